The van der Waals surface area contributed by atoms with E-state index in [1.807, 2.05) is 0 Å². The molecular weight excluding hydrogens is 228 g/mol. The van der Waals surface area contributed by atoms with Gasteiger partial charge in [-0.05, 0) is 42.5 Å². The molecule has 2 rings (SSSR count). The van der Waals surface area contributed by atoms with Crippen LogP contribution in [0.3, 0.4) is 0 Å². The molecule has 3 heteroatoms. The maximum atomic E-state index is 5.60. The molecule has 0 amide bonds. The fraction of sp³-hybridized carbons (Fsp3) is 0.500. The molecule has 2 N–H and O–H groups in total. The minimum absolute atomic E-state index is 0.577. The summed E-state index contributed by atoms with van der Waals surface area (Å²) in [6.07, 6.45) is 3.80. The SMILES string of the molecule is CCN(CC(N)=S)Cc1ccc2c(c1)CCC2. The van der Waals surface area contributed by atoms with Crippen LogP contribution >= 0.6 is 12.2 Å². The summed E-state index contributed by atoms with van der Waals surface area (Å²) in [5.41, 5.74) is 10.1. The Kier molecular flexibility index (Phi) is 4.13. The van der Waals surface area contributed by atoms with Gasteiger partial charge in [-0.15, -0.1) is 0 Å². The number of nitrogens with zero attached hydrogens (tertiary/aromatic N) is 1. The third-order valence-electron chi connectivity index (χ3n) is 3.40. The van der Waals surface area contributed by atoms with Crippen molar-refractivity contribution in [1.82, 2.24) is 4.90 Å². The average molecular weight is 248 g/mol. The molecule has 17 heavy (non-hydrogen) atoms. The molecule has 0 unspecified atom stereocenters. The van der Waals surface area contributed by atoms with Crippen molar-refractivity contribution < 1.29 is 0 Å². The fourth-order valence-corrected chi connectivity index (χ4v) is 2.66. The molecule has 0 fully saturated rings. The van der Waals surface area contributed by atoms with Crippen LogP contribution in [0, 0.1) is 0 Å². The van der Waals surface area contributed by atoms with Gasteiger partial charge >= 0.3 is 0 Å². The van der Waals surface area contributed by atoms with Crippen molar-refractivity contribution in [2.45, 2.75) is 32.7 Å². The molecule has 0 aromatic heterocycles. The number of benzene rings is 1. The van der Waals surface area contributed by atoms with Crippen molar-refractivity contribution in [2.75, 3.05) is 13.1 Å². The molecule has 0 atom stereocenters. The molecule has 0 spiro atoms. The smallest absolute Gasteiger partial charge is 0.0870 e. The van der Waals surface area contributed by atoms with E-state index < -0.39 is 0 Å². The molecule has 1 aromatic carbocycles. The van der Waals surface area contributed by atoms with E-state index in [1.165, 1.54) is 36.0 Å². The summed E-state index contributed by atoms with van der Waals surface area (Å²) in [5.74, 6) is 0. The average Bonchev–Trinajstić information content (AvgIpc) is 2.74. The molecule has 0 saturated heterocycles. The highest BCUT2D eigenvalue weighted by molar-refractivity contribution is 7.80. The van der Waals surface area contributed by atoms with Gasteiger partial charge in [-0.25, -0.2) is 0 Å². The van der Waals surface area contributed by atoms with Gasteiger partial charge in [-0.1, -0.05) is 37.3 Å². The number of aryl methyl sites for hydroxylation is 2. The number of fused-ring (bicyclic) bond motifs is 1. The summed E-state index contributed by atoms with van der Waals surface area (Å²) in [4.78, 5) is 2.85. The minimum Gasteiger partial charge on any atom is -0.392 e. The van der Waals surface area contributed by atoms with Gasteiger partial charge in [-0.2, -0.15) is 0 Å². The van der Waals surface area contributed by atoms with Crippen molar-refractivity contribution in [2.24, 2.45) is 5.73 Å². The number of rotatable bonds is 5. The number of hydrogen-bond donors (Lipinski definition) is 1. The van der Waals surface area contributed by atoms with Gasteiger partial charge < -0.3 is 5.73 Å². The highest BCUT2D eigenvalue weighted by atomic mass is 32.1. The molecule has 2 nitrogen and oxygen atoms in total. The van der Waals surface area contributed by atoms with E-state index in [1.54, 1.807) is 0 Å². The first-order valence-electron chi connectivity index (χ1n) is 6.30. The Hall–Kier alpha value is -0.930. The molecule has 0 aliphatic heterocycles. The molecule has 0 radical (unpaired) electrons. The van der Waals surface area contributed by atoms with Crippen molar-refractivity contribution in [1.29, 1.82) is 0 Å². The number of nitrogens with two attached hydrogens (primary N) is 1. The lowest BCUT2D eigenvalue weighted by Gasteiger charge is -2.20. The van der Waals surface area contributed by atoms with Gasteiger partial charge in [-0.3, -0.25) is 4.90 Å². The second-order valence-electron chi connectivity index (χ2n) is 4.73. The highest BCUT2D eigenvalue weighted by Crippen LogP contribution is 2.23. The largest absolute Gasteiger partial charge is 0.392 e. The van der Waals surface area contributed by atoms with Gasteiger partial charge in [0.05, 0.1) is 4.99 Å². The highest BCUT2D eigenvalue weighted by Gasteiger charge is 2.12. The lowest BCUT2D eigenvalue weighted by atomic mass is 10.1. The van der Waals surface area contributed by atoms with E-state index in [2.05, 4.69) is 30.0 Å². The number of hydrogen-bond acceptors (Lipinski definition) is 2. The summed E-state index contributed by atoms with van der Waals surface area (Å²) < 4.78 is 0. The summed E-state index contributed by atoms with van der Waals surface area (Å²) >= 11 is 4.97. The Balaban J connectivity index is 2.04. The van der Waals surface area contributed by atoms with Crippen LogP contribution in [0.15, 0.2) is 18.2 Å². The first kappa shape index (κ1) is 12.5. The Morgan fingerprint density at radius 3 is 2.82 bits per heavy atom. The van der Waals surface area contributed by atoms with Crippen LogP contribution in [0.25, 0.3) is 0 Å². The molecule has 0 bridgehead atoms. The Morgan fingerprint density at radius 2 is 2.12 bits per heavy atom. The quantitative estimate of drug-likeness (QED) is 0.811. The third kappa shape index (κ3) is 3.27. The van der Waals surface area contributed by atoms with Gasteiger partial charge in [0, 0.05) is 13.1 Å². The lowest BCUT2D eigenvalue weighted by Crippen LogP contribution is -2.32. The standard InChI is InChI=1S/C14H20N2S/c1-2-16(10-14(15)17)9-11-6-7-12-4-3-5-13(12)8-11/h6-8H,2-5,9-10H2,1H3,(H2,15,17). The predicted octanol–water partition coefficient (Wildman–Crippen LogP) is 2.28. The Morgan fingerprint density at radius 1 is 1.35 bits per heavy atom. The summed E-state index contributed by atoms with van der Waals surface area (Å²) in [6, 6.07) is 6.88. The van der Waals surface area contributed by atoms with Crippen molar-refractivity contribution in [3.63, 3.8) is 0 Å². The van der Waals surface area contributed by atoms with Crippen LogP contribution in [0.5, 0.6) is 0 Å². The second kappa shape index (κ2) is 5.61. The fourth-order valence-electron chi connectivity index (χ4n) is 2.48. The van der Waals surface area contributed by atoms with Crippen molar-refractivity contribution in [3.8, 4) is 0 Å². The topological polar surface area (TPSA) is 29.3 Å². The van der Waals surface area contributed by atoms with Crippen molar-refractivity contribution in [3.05, 3.63) is 34.9 Å². The number of likely N-dealkylation sites (N-methyl/N-ethyl adjacent to an activating group) is 1. The van der Waals surface area contributed by atoms with Crippen molar-refractivity contribution >= 4 is 17.2 Å². The molecule has 1 aliphatic carbocycles. The summed E-state index contributed by atoms with van der Waals surface area (Å²) in [7, 11) is 0. The maximum absolute atomic E-state index is 5.60. The zero-order chi connectivity index (χ0) is 12.3. The van der Waals surface area contributed by atoms with Crippen LogP contribution < -0.4 is 5.73 Å². The lowest BCUT2D eigenvalue weighted by molar-refractivity contribution is 0.321. The van der Waals surface area contributed by atoms with Crippen LogP contribution in [0.1, 0.15) is 30.0 Å². The van der Waals surface area contributed by atoms with E-state index in [0.29, 0.717) is 11.5 Å². The molecular formula is C14H20N2S. The maximum Gasteiger partial charge on any atom is 0.0870 e. The van der Waals surface area contributed by atoms with Crippen LogP contribution in [0.2, 0.25) is 0 Å². The second-order valence-corrected chi connectivity index (χ2v) is 5.25. The molecule has 0 saturated carbocycles. The summed E-state index contributed by atoms with van der Waals surface area (Å²) in [6.45, 7) is 4.78. The monoisotopic (exact) mass is 248 g/mol. The van der Waals surface area contributed by atoms with Gasteiger partial charge in [0.2, 0.25) is 0 Å². The third-order valence-corrected chi connectivity index (χ3v) is 3.52. The Labute approximate surface area is 109 Å². The molecule has 1 aliphatic rings. The van der Waals surface area contributed by atoms with Gasteiger partial charge in [0.15, 0.2) is 0 Å². The van der Waals surface area contributed by atoms with E-state index in [4.69, 9.17) is 18.0 Å². The number of thiocarbonyl (C=S) groups is 1. The van der Waals surface area contributed by atoms with E-state index in [0.717, 1.165) is 13.1 Å². The normalized spacial score (nSPS) is 14.0. The van der Waals surface area contributed by atoms with Gasteiger partial charge in [0.25, 0.3) is 0 Å². The van der Waals surface area contributed by atoms with E-state index >= 15 is 0 Å². The van der Waals surface area contributed by atoms with E-state index in [-0.39, 0.29) is 0 Å². The van der Waals surface area contributed by atoms with Crippen LogP contribution in [-0.4, -0.2) is 23.0 Å². The van der Waals surface area contributed by atoms with Crippen LogP contribution in [-0.2, 0) is 19.4 Å². The Bertz CT molecular complexity index is 415. The summed E-state index contributed by atoms with van der Waals surface area (Å²) in [5, 5.41) is 0. The minimum atomic E-state index is 0.577. The molecule has 92 valence electrons. The predicted molar refractivity (Wildman–Crippen MR) is 76.2 cm³/mol. The first-order valence-corrected chi connectivity index (χ1v) is 6.71. The first-order chi connectivity index (χ1) is 8.19. The zero-order valence-corrected chi connectivity index (χ0v) is 11.2. The van der Waals surface area contributed by atoms with Gasteiger partial charge in [0.1, 0.15) is 0 Å². The molecule has 1 aromatic rings. The van der Waals surface area contributed by atoms with E-state index in [9.17, 15) is 0 Å². The zero-order valence-electron chi connectivity index (χ0n) is 10.4. The van der Waals surface area contributed by atoms with Crippen LogP contribution in [0.4, 0.5) is 0 Å². The molecule has 0 heterocycles.